The van der Waals surface area contributed by atoms with Gasteiger partial charge in [0.05, 0.1) is 5.30 Å². The Morgan fingerprint density at radius 2 is 1.52 bits per heavy atom. The topological polar surface area (TPSA) is 51.2 Å². The van der Waals surface area contributed by atoms with E-state index in [1.165, 1.54) is 5.56 Å². The van der Waals surface area contributed by atoms with E-state index in [0.717, 1.165) is 47.6 Å². The Kier molecular flexibility index (Phi) is 4.53. The van der Waals surface area contributed by atoms with Crippen molar-refractivity contribution in [1.82, 2.24) is 9.57 Å². The molecule has 0 radical (unpaired) electrons. The van der Waals surface area contributed by atoms with Crippen LogP contribution in [0.5, 0.6) is 17.2 Å². The first-order valence-corrected chi connectivity index (χ1v) is 12.1. The fraction of sp³-hybridized carbons (Fsp3) is 0.250. The van der Waals surface area contributed by atoms with E-state index in [-0.39, 0.29) is 6.79 Å². The number of para-hydroxylation sites is 1. The summed E-state index contributed by atoms with van der Waals surface area (Å²) in [6.07, 6.45) is 0. The van der Waals surface area contributed by atoms with Gasteiger partial charge in [-0.3, -0.25) is 9.46 Å². The molecule has 0 bridgehead atoms. The van der Waals surface area contributed by atoms with E-state index in [1.54, 1.807) is 0 Å². The lowest BCUT2D eigenvalue weighted by molar-refractivity contribution is 0.172. The van der Waals surface area contributed by atoms with Crippen molar-refractivity contribution in [2.24, 2.45) is 0 Å². The van der Waals surface area contributed by atoms with Crippen LogP contribution < -0.4 is 19.3 Å². The number of nitrogens with zero attached hydrogens (tertiary/aromatic N) is 2. The Hall–Kier alpha value is -2.79. The molecule has 3 aliphatic rings. The van der Waals surface area contributed by atoms with Crippen LogP contribution in [0.3, 0.4) is 0 Å². The van der Waals surface area contributed by atoms with Gasteiger partial charge in [0, 0.05) is 43.9 Å². The van der Waals surface area contributed by atoms with Crippen LogP contribution in [-0.2, 0) is 11.1 Å². The minimum Gasteiger partial charge on any atom is -0.454 e. The van der Waals surface area contributed by atoms with Gasteiger partial charge in [0.1, 0.15) is 5.75 Å². The number of benzene rings is 3. The van der Waals surface area contributed by atoms with E-state index in [9.17, 15) is 4.57 Å². The molecule has 3 aromatic rings. The third-order valence-corrected chi connectivity index (χ3v) is 8.76. The molecule has 31 heavy (non-hydrogen) atoms. The van der Waals surface area contributed by atoms with Crippen LogP contribution in [0.25, 0.3) is 11.1 Å². The van der Waals surface area contributed by atoms with Crippen LogP contribution >= 0.6 is 7.52 Å². The normalized spacial score (nSPS) is 22.5. The van der Waals surface area contributed by atoms with E-state index < -0.39 is 7.52 Å². The maximum Gasteiger partial charge on any atom is 0.350 e. The molecule has 1 saturated heterocycles. The average Bonchev–Trinajstić information content (AvgIpc) is 3.28. The van der Waals surface area contributed by atoms with Crippen molar-refractivity contribution in [3.8, 4) is 28.4 Å². The summed E-state index contributed by atoms with van der Waals surface area (Å²) >= 11 is 0. The summed E-state index contributed by atoms with van der Waals surface area (Å²) in [5.41, 5.74) is 3.21. The molecule has 7 heteroatoms. The third kappa shape index (κ3) is 3.23. The van der Waals surface area contributed by atoms with Gasteiger partial charge in [0.15, 0.2) is 11.5 Å². The van der Waals surface area contributed by atoms with Crippen molar-refractivity contribution in [2.45, 2.75) is 6.54 Å². The Balaban J connectivity index is 1.21. The van der Waals surface area contributed by atoms with E-state index in [1.807, 2.05) is 65.3 Å². The summed E-state index contributed by atoms with van der Waals surface area (Å²) in [7, 11) is -3.16. The molecule has 1 unspecified atom stereocenters. The van der Waals surface area contributed by atoms with E-state index in [2.05, 4.69) is 11.0 Å². The molecule has 0 aromatic heterocycles. The molecule has 1 atom stereocenters. The van der Waals surface area contributed by atoms with Gasteiger partial charge >= 0.3 is 7.52 Å². The summed E-state index contributed by atoms with van der Waals surface area (Å²) in [6.45, 7) is 4.15. The number of piperazine rings is 1. The Morgan fingerprint density at radius 1 is 0.774 bits per heavy atom. The van der Waals surface area contributed by atoms with E-state index in [0.29, 0.717) is 18.8 Å². The lowest BCUT2D eigenvalue weighted by Crippen LogP contribution is -2.46. The van der Waals surface area contributed by atoms with Crippen LogP contribution in [0.4, 0.5) is 0 Å². The molecule has 158 valence electrons. The Labute approximate surface area is 181 Å². The second kappa shape index (κ2) is 7.41. The van der Waals surface area contributed by atoms with Crippen molar-refractivity contribution in [2.75, 3.05) is 33.0 Å². The minimum atomic E-state index is -3.16. The monoisotopic (exact) mass is 434 g/mol. The predicted molar refractivity (Wildman–Crippen MR) is 119 cm³/mol. The molecule has 3 heterocycles. The fourth-order valence-corrected chi connectivity index (χ4v) is 6.99. The molecule has 6 nitrogen and oxygen atoms in total. The lowest BCUT2D eigenvalue weighted by Gasteiger charge is -2.40. The second-order valence-corrected chi connectivity index (χ2v) is 10.3. The molecular weight excluding hydrogens is 411 g/mol. The lowest BCUT2D eigenvalue weighted by atomic mass is 10.0. The average molecular weight is 434 g/mol. The first-order chi connectivity index (χ1) is 15.2. The van der Waals surface area contributed by atoms with E-state index >= 15 is 0 Å². The van der Waals surface area contributed by atoms with Crippen molar-refractivity contribution < 1.29 is 18.6 Å². The van der Waals surface area contributed by atoms with Gasteiger partial charge in [0.25, 0.3) is 0 Å². The minimum absolute atomic E-state index is 0.289. The Morgan fingerprint density at radius 3 is 2.39 bits per heavy atom. The van der Waals surface area contributed by atoms with Crippen LogP contribution in [0.1, 0.15) is 5.56 Å². The predicted octanol–water partition coefficient (Wildman–Crippen LogP) is 4.11. The molecule has 0 amide bonds. The van der Waals surface area contributed by atoms with Gasteiger partial charge in [0.2, 0.25) is 6.79 Å². The number of fused-ring (bicyclic) bond motifs is 4. The maximum atomic E-state index is 14.2. The SMILES string of the molecule is O=P1(N2CCN(Cc3ccc4c(c3)OCO4)CC2)Oc2ccccc2-c2ccccc21. The molecule has 0 N–H and O–H groups in total. The molecule has 0 saturated carbocycles. The molecule has 3 aromatic carbocycles. The second-order valence-electron chi connectivity index (χ2n) is 8.04. The van der Waals surface area contributed by atoms with Gasteiger partial charge < -0.3 is 14.0 Å². The zero-order valence-electron chi connectivity index (χ0n) is 17.1. The maximum absolute atomic E-state index is 14.2. The van der Waals surface area contributed by atoms with E-state index in [4.69, 9.17) is 14.0 Å². The summed E-state index contributed by atoms with van der Waals surface area (Å²) in [5.74, 6) is 2.32. The summed E-state index contributed by atoms with van der Waals surface area (Å²) in [6, 6.07) is 21.9. The summed E-state index contributed by atoms with van der Waals surface area (Å²) in [5, 5.41) is 0.804. The van der Waals surface area contributed by atoms with Crippen LogP contribution in [0.2, 0.25) is 0 Å². The molecule has 3 aliphatic heterocycles. The first-order valence-electron chi connectivity index (χ1n) is 10.6. The summed E-state index contributed by atoms with van der Waals surface area (Å²) in [4.78, 5) is 2.38. The highest BCUT2D eigenvalue weighted by molar-refractivity contribution is 7.65. The smallest absolute Gasteiger partial charge is 0.350 e. The molecule has 0 aliphatic carbocycles. The first kappa shape index (κ1) is 18.9. The summed E-state index contributed by atoms with van der Waals surface area (Å²) < 4.78 is 33.4. The highest BCUT2D eigenvalue weighted by Gasteiger charge is 2.42. The van der Waals surface area contributed by atoms with Gasteiger partial charge in [-0.15, -0.1) is 0 Å². The standard InChI is InChI=1S/C24H23N2O4P/c27-31(24-8-4-2-6-20(24)19-5-1-3-7-21(19)30-31)26-13-11-25(12-14-26)16-18-9-10-22-23(15-18)29-17-28-22/h1-10,15H,11-14,16-17H2. The molecular formula is C24H23N2O4P. The van der Waals surface area contributed by atoms with Crippen molar-refractivity contribution in [3.05, 3.63) is 72.3 Å². The number of hydrogen-bond donors (Lipinski definition) is 0. The third-order valence-electron chi connectivity index (χ3n) is 6.17. The van der Waals surface area contributed by atoms with Crippen LogP contribution in [0, 0.1) is 0 Å². The highest BCUT2D eigenvalue weighted by atomic mass is 31.2. The largest absolute Gasteiger partial charge is 0.454 e. The molecule has 1 fully saturated rings. The van der Waals surface area contributed by atoms with Gasteiger partial charge in [-0.25, -0.2) is 4.67 Å². The zero-order chi connectivity index (χ0) is 20.8. The van der Waals surface area contributed by atoms with Gasteiger partial charge in [-0.2, -0.15) is 0 Å². The van der Waals surface area contributed by atoms with Crippen molar-refractivity contribution >= 4 is 12.8 Å². The van der Waals surface area contributed by atoms with Crippen molar-refractivity contribution in [1.29, 1.82) is 0 Å². The highest BCUT2D eigenvalue weighted by Crippen LogP contribution is 2.57. The Bertz CT molecular complexity index is 1190. The van der Waals surface area contributed by atoms with Crippen LogP contribution in [-0.4, -0.2) is 42.5 Å². The van der Waals surface area contributed by atoms with Crippen LogP contribution in [0.15, 0.2) is 66.7 Å². The number of hydrogen-bond acceptors (Lipinski definition) is 5. The fourth-order valence-electron chi connectivity index (χ4n) is 4.57. The van der Waals surface area contributed by atoms with Crippen molar-refractivity contribution in [3.63, 3.8) is 0 Å². The van der Waals surface area contributed by atoms with Gasteiger partial charge in [-0.1, -0.05) is 42.5 Å². The molecule has 6 rings (SSSR count). The quantitative estimate of drug-likeness (QED) is 0.579. The number of ether oxygens (including phenoxy) is 2. The molecule has 0 spiro atoms. The van der Waals surface area contributed by atoms with Gasteiger partial charge in [-0.05, 0) is 29.8 Å². The number of rotatable bonds is 3. The zero-order valence-corrected chi connectivity index (χ0v) is 18.0.